The number of hydrogen-bond donors (Lipinski definition) is 0. The van der Waals surface area contributed by atoms with Gasteiger partial charge in [-0.25, -0.2) is 4.79 Å². The zero-order valence-electron chi connectivity index (χ0n) is 20.3. The lowest BCUT2D eigenvalue weighted by molar-refractivity contribution is -0.136. The largest absolute Gasteiger partial charge is 0.465 e. The average molecular weight is 449 g/mol. The van der Waals surface area contributed by atoms with Crippen molar-refractivity contribution < 1.29 is 19.1 Å². The van der Waals surface area contributed by atoms with Crippen molar-refractivity contribution >= 4 is 18.0 Å². The molecule has 33 heavy (non-hydrogen) atoms. The van der Waals surface area contributed by atoms with Crippen LogP contribution in [0.1, 0.15) is 47.8 Å². The highest BCUT2D eigenvalue weighted by Gasteiger charge is 2.38. The summed E-state index contributed by atoms with van der Waals surface area (Å²) in [4.78, 5) is 27.8. The molecule has 1 saturated heterocycles. The van der Waals surface area contributed by atoms with Gasteiger partial charge in [-0.1, -0.05) is 12.1 Å². The molecule has 0 saturated carbocycles. The fourth-order valence-corrected chi connectivity index (χ4v) is 4.86. The number of esters is 1. The van der Waals surface area contributed by atoms with Gasteiger partial charge in [0.15, 0.2) is 0 Å². The number of nitrogens with zero attached hydrogens (tertiary/aromatic N) is 2. The molecule has 1 unspecified atom stereocenters. The Morgan fingerprint density at radius 2 is 1.94 bits per heavy atom. The standard InChI is InChI=1S/C27H32N2O4/c1-16-9-10-17(2)24(12-16)29-18(3)13-21(19(29)4)14-23-25(27(31)32-6)20(5)28(26(23)30)15-22-8-7-11-33-22/h9-10,12-14,22H,7-8,11,15H2,1-6H3/b23-14-. The summed E-state index contributed by atoms with van der Waals surface area (Å²) in [6.07, 6.45) is 3.74. The topological polar surface area (TPSA) is 60.8 Å². The summed E-state index contributed by atoms with van der Waals surface area (Å²) in [6, 6.07) is 8.45. The van der Waals surface area contributed by atoms with E-state index in [1.807, 2.05) is 13.0 Å². The van der Waals surface area contributed by atoms with Crippen LogP contribution in [0.15, 0.2) is 41.1 Å². The third-order valence-corrected chi connectivity index (χ3v) is 6.69. The van der Waals surface area contributed by atoms with Gasteiger partial charge in [-0.3, -0.25) is 4.79 Å². The van der Waals surface area contributed by atoms with Gasteiger partial charge in [-0.05, 0) is 82.4 Å². The highest BCUT2D eigenvalue weighted by Crippen LogP contribution is 2.34. The summed E-state index contributed by atoms with van der Waals surface area (Å²) in [6.45, 7) is 11.2. The number of carbonyl (C=O) groups is 2. The fourth-order valence-electron chi connectivity index (χ4n) is 4.86. The van der Waals surface area contributed by atoms with E-state index in [1.165, 1.54) is 18.2 Å². The molecule has 2 aliphatic heterocycles. The lowest BCUT2D eigenvalue weighted by Gasteiger charge is -2.21. The Morgan fingerprint density at radius 1 is 1.18 bits per heavy atom. The van der Waals surface area contributed by atoms with Crippen LogP contribution in [0, 0.1) is 27.7 Å². The number of aromatic nitrogens is 1. The van der Waals surface area contributed by atoms with Crippen LogP contribution in [0.5, 0.6) is 0 Å². The zero-order chi connectivity index (χ0) is 23.9. The maximum atomic E-state index is 13.5. The third-order valence-electron chi connectivity index (χ3n) is 6.69. The molecule has 3 heterocycles. The van der Waals surface area contributed by atoms with Crippen LogP contribution in [0.4, 0.5) is 0 Å². The number of aryl methyl sites for hydroxylation is 3. The van der Waals surface area contributed by atoms with Crippen molar-refractivity contribution in [1.82, 2.24) is 9.47 Å². The number of amides is 1. The quantitative estimate of drug-likeness (QED) is 0.497. The number of rotatable bonds is 5. The molecule has 0 spiro atoms. The van der Waals surface area contributed by atoms with E-state index in [2.05, 4.69) is 49.6 Å². The van der Waals surface area contributed by atoms with Crippen molar-refractivity contribution in [3.8, 4) is 5.69 Å². The van der Waals surface area contributed by atoms with Crippen LogP contribution in [-0.2, 0) is 19.1 Å². The number of allylic oxidation sites excluding steroid dienone is 1. The molecule has 2 aromatic rings. The third kappa shape index (κ3) is 4.15. The number of methoxy groups -OCH3 is 1. The maximum Gasteiger partial charge on any atom is 0.340 e. The first-order chi connectivity index (χ1) is 15.7. The molecule has 1 fully saturated rings. The van der Waals surface area contributed by atoms with Crippen LogP contribution in [0.2, 0.25) is 0 Å². The SMILES string of the molecule is COC(=O)C1=C(C)N(CC2CCCO2)C(=O)/C1=C\c1cc(C)n(-c2cc(C)ccc2C)c1C. The summed E-state index contributed by atoms with van der Waals surface area (Å²) >= 11 is 0. The smallest absolute Gasteiger partial charge is 0.340 e. The van der Waals surface area contributed by atoms with Gasteiger partial charge in [-0.15, -0.1) is 0 Å². The Balaban J connectivity index is 1.78. The van der Waals surface area contributed by atoms with Crippen LogP contribution < -0.4 is 0 Å². The number of carbonyl (C=O) groups excluding carboxylic acids is 2. The maximum absolute atomic E-state index is 13.5. The monoisotopic (exact) mass is 448 g/mol. The molecule has 0 radical (unpaired) electrons. The fraction of sp³-hybridized carbons (Fsp3) is 0.407. The predicted molar refractivity (Wildman–Crippen MR) is 128 cm³/mol. The van der Waals surface area contributed by atoms with Crippen LogP contribution in [0.3, 0.4) is 0 Å². The molecule has 1 aromatic heterocycles. The van der Waals surface area contributed by atoms with E-state index in [4.69, 9.17) is 9.47 Å². The summed E-state index contributed by atoms with van der Waals surface area (Å²) < 4.78 is 13.0. The Labute approximate surface area is 195 Å². The molecule has 6 heteroatoms. The first-order valence-electron chi connectivity index (χ1n) is 11.4. The first kappa shape index (κ1) is 23.1. The van der Waals surface area contributed by atoms with Crippen molar-refractivity contribution in [2.24, 2.45) is 0 Å². The molecule has 0 aliphatic carbocycles. The number of ether oxygens (including phenoxy) is 2. The van der Waals surface area contributed by atoms with Gasteiger partial charge in [0.1, 0.15) is 0 Å². The minimum atomic E-state index is -0.495. The molecule has 2 aliphatic rings. The molecular weight excluding hydrogens is 416 g/mol. The van der Waals surface area contributed by atoms with E-state index in [9.17, 15) is 9.59 Å². The van der Waals surface area contributed by atoms with Gasteiger partial charge in [0.05, 0.1) is 30.9 Å². The van der Waals surface area contributed by atoms with E-state index < -0.39 is 5.97 Å². The second-order valence-electron chi connectivity index (χ2n) is 9.01. The van der Waals surface area contributed by atoms with E-state index >= 15 is 0 Å². The lowest BCUT2D eigenvalue weighted by Crippen LogP contribution is -2.33. The van der Waals surface area contributed by atoms with Crippen LogP contribution in [-0.4, -0.2) is 47.7 Å². The van der Waals surface area contributed by atoms with Gasteiger partial charge in [0.2, 0.25) is 0 Å². The summed E-state index contributed by atoms with van der Waals surface area (Å²) in [5.74, 6) is -0.676. The molecule has 174 valence electrons. The number of hydrogen-bond acceptors (Lipinski definition) is 4. The summed E-state index contributed by atoms with van der Waals surface area (Å²) in [7, 11) is 1.35. The van der Waals surface area contributed by atoms with E-state index in [1.54, 1.807) is 11.8 Å². The zero-order valence-corrected chi connectivity index (χ0v) is 20.3. The van der Waals surface area contributed by atoms with Crippen molar-refractivity contribution in [3.05, 3.63) is 69.2 Å². The molecule has 0 bridgehead atoms. The second-order valence-corrected chi connectivity index (χ2v) is 9.01. The van der Waals surface area contributed by atoms with E-state index in [-0.39, 0.29) is 12.0 Å². The van der Waals surface area contributed by atoms with Crippen LogP contribution in [0.25, 0.3) is 11.8 Å². The molecule has 1 aromatic carbocycles. The molecule has 4 rings (SSSR count). The minimum absolute atomic E-state index is 0.00323. The first-order valence-corrected chi connectivity index (χ1v) is 11.4. The highest BCUT2D eigenvalue weighted by atomic mass is 16.5. The average Bonchev–Trinajstić information content (AvgIpc) is 3.45. The highest BCUT2D eigenvalue weighted by molar-refractivity contribution is 6.16. The molecular formula is C27H32N2O4. The Kier molecular flexibility index (Phi) is 6.30. The second kappa shape index (κ2) is 9.02. The summed E-state index contributed by atoms with van der Waals surface area (Å²) in [5.41, 5.74) is 7.79. The molecule has 1 amide bonds. The Hall–Kier alpha value is -3.12. The van der Waals surface area contributed by atoms with Crippen molar-refractivity contribution in [2.45, 2.75) is 53.6 Å². The van der Waals surface area contributed by atoms with Gasteiger partial charge in [0.25, 0.3) is 5.91 Å². The number of benzene rings is 1. The van der Waals surface area contributed by atoms with Gasteiger partial charge >= 0.3 is 5.97 Å². The van der Waals surface area contributed by atoms with Crippen LogP contribution >= 0.6 is 0 Å². The van der Waals surface area contributed by atoms with Crippen molar-refractivity contribution in [2.75, 3.05) is 20.3 Å². The van der Waals surface area contributed by atoms with E-state index in [0.29, 0.717) is 30.0 Å². The van der Waals surface area contributed by atoms with Crippen molar-refractivity contribution in [1.29, 1.82) is 0 Å². The molecule has 6 nitrogen and oxygen atoms in total. The lowest BCUT2D eigenvalue weighted by atomic mass is 10.0. The Morgan fingerprint density at radius 3 is 2.61 bits per heavy atom. The van der Waals surface area contributed by atoms with Gasteiger partial charge in [0, 0.05) is 29.4 Å². The summed E-state index contributed by atoms with van der Waals surface area (Å²) in [5, 5.41) is 0. The normalized spacial score (nSPS) is 19.8. The minimum Gasteiger partial charge on any atom is -0.465 e. The Bertz CT molecular complexity index is 1180. The van der Waals surface area contributed by atoms with E-state index in [0.717, 1.165) is 35.5 Å². The van der Waals surface area contributed by atoms with Crippen molar-refractivity contribution in [3.63, 3.8) is 0 Å². The van der Waals surface area contributed by atoms with Gasteiger partial charge < -0.3 is 18.9 Å². The van der Waals surface area contributed by atoms with Gasteiger partial charge in [-0.2, -0.15) is 0 Å². The molecule has 1 atom stereocenters. The molecule has 0 N–H and O–H groups in total. The predicted octanol–water partition coefficient (Wildman–Crippen LogP) is 4.56.